The van der Waals surface area contributed by atoms with Crippen LogP contribution in [0.4, 0.5) is 0 Å². The Morgan fingerprint density at radius 3 is 1.87 bits per heavy atom. The van der Waals surface area contributed by atoms with Crippen molar-refractivity contribution in [3.05, 3.63) is 65.5 Å². The number of carbonyl (C=O) groups is 1. The molecule has 2 bridgehead atoms. The fraction of sp³-hybridized carbons (Fsp3) is 0.538. The second kappa shape index (κ2) is 10.7. The quantitative estimate of drug-likeness (QED) is 0.407. The third kappa shape index (κ3) is 4.85. The number of benzene rings is 1. The van der Waals surface area contributed by atoms with E-state index in [0.717, 1.165) is 12.8 Å². The molecule has 1 aromatic carbocycles. The van der Waals surface area contributed by atoms with Crippen LogP contribution in [0.2, 0.25) is 0 Å². The number of nitrogens with zero attached hydrogens (tertiary/aromatic N) is 1. The van der Waals surface area contributed by atoms with Gasteiger partial charge in [0.1, 0.15) is 0 Å². The molecule has 0 spiro atoms. The normalized spacial score (nSPS) is 31.2. The van der Waals surface area contributed by atoms with Crippen molar-refractivity contribution in [2.75, 3.05) is 14.2 Å². The summed E-state index contributed by atoms with van der Waals surface area (Å²) in [6.07, 6.45) is 3.39. The maximum absolute atomic E-state index is 12.2. The van der Waals surface area contributed by atoms with Crippen molar-refractivity contribution in [2.24, 2.45) is 5.92 Å². The van der Waals surface area contributed by atoms with Crippen molar-refractivity contribution in [3.63, 3.8) is 0 Å². The molecule has 0 N–H and O–H groups in total. The van der Waals surface area contributed by atoms with Crippen LogP contribution in [0.1, 0.15) is 65.4 Å². The zero-order valence-electron chi connectivity index (χ0n) is 19.4. The standard InChI is InChI=1S/C16H21NO2.C10H15.Ru/c1-17-12-8-9-14(17)15(16(18)19-2)13(10-12)11-6-4-3-5-7-11;1-6-7(2)9(4)10(5)8(6)3;/h3-7,12-15H,8-10H2,1-2H3;1-5H3;/t12?,13-,14?,15+;;/m1../s1. The van der Waals surface area contributed by atoms with Gasteiger partial charge in [-0.25, -0.2) is 0 Å². The van der Waals surface area contributed by atoms with Gasteiger partial charge in [-0.2, -0.15) is 0 Å². The Kier molecular flexibility index (Phi) is 9.13. The van der Waals surface area contributed by atoms with Crippen molar-refractivity contribution in [3.8, 4) is 0 Å². The van der Waals surface area contributed by atoms with Gasteiger partial charge in [0.2, 0.25) is 0 Å². The molecular weight excluding hydrogens is 459 g/mol. The Balaban J connectivity index is 0.000000249. The van der Waals surface area contributed by atoms with Crippen molar-refractivity contribution in [1.82, 2.24) is 4.90 Å². The van der Waals surface area contributed by atoms with Crippen LogP contribution in [-0.4, -0.2) is 37.1 Å². The van der Waals surface area contributed by atoms with E-state index in [9.17, 15) is 4.79 Å². The van der Waals surface area contributed by atoms with E-state index in [4.69, 9.17) is 4.74 Å². The van der Waals surface area contributed by atoms with Crippen LogP contribution in [0, 0.1) is 35.5 Å². The van der Waals surface area contributed by atoms with Gasteiger partial charge in [-0.05, 0) is 61.5 Å². The van der Waals surface area contributed by atoms with Crippen LogP contribution in [0.5, 0.6) is 0 Å². The SMILES string of the molecule is COC(=O)[C@@H]1C2CCC(C[C@@H]1c1ccccc1)N2C.C[C]1[C](C)[C](C)[C](C)[C]1C.[Ru]. The Labute approximate surface area is 197 Å². The average molecular weight is 496 g/mol. The van der Waals surface area contributed by atoms with Gasteiger partial charge in [0, 0.05) is 37.5 Å². The molecule has 1 aromatic rings. The molecule has 1 aliphatic carbocycles. The number of esters is 1. The maximum atomic E-state index is 12.2. The van der Waals surface area contributed by atoms with E-state index in [1.165, 1.54) is 48.7 Å². The van der Waals surface area contributed by atoms with Gasteiger partial charge in [-0.3, -0.25) is 9.69 Å². The summed E-state index contributed by atoms with van der Waals surface area (Å²) in [7, 11) is 3.66. The van der Waals surface area contributed by atoms with E-state index in [2.05, 4.69) is 70.8 Å². The minimum absolute atomic E-state index is 0. The molecule has 165 valence electrons. The number of carbonyl (C=O) groups excluding carboxylic acids is 1. The fourth-order valence-corrected chi connectivity index (χ4v) is 5.37. The summed E-state index contributed by atoms with van der Waals surface area (Å²) in [5, 5.41) is 0. The predicted octanol–water partition coefficient (Wildman–Crippen LogP) is 5.40. The summed E-state index contributed by atoms with van der Waals surface area (Å²) in [5.41, 5.74) is 1.28. The molecule has 4 atom stereocenters. The van der Waals surface area contributed by atoms with E-state index >= 15 is 0 Å². The van der Waals surface area contributed by atoms with Crippen LogP contribution in [0.15, 0.2) is 30.3 Å². The average Bonchev–Trinajstić information content (AvgIpc) is 3.07. The predicted molar refractivity (Wildman–Crippen MR) is 118 cm³/mol. The molecule has 3 fully saturated rings. The monoisotopic (exact) mass is 496 g/mol. The molecule has 3 nitrogen and oxygen atoms in total. The number of hydrogen-bond donors (Lipinski definition) is 0. The van der Waals surface area contributed by atoms with Gasteiger partial charge >= 0.3 is 5.97 Å². The van der Waals surface area contributed by atoms with Crippen LogP contribution >= 0.6 is 0 Å². The molecule has 2 saturated heterocycles. The first-order valence-electron chi connectivity index (χ1n) is 10.8. The molecule has 4 heteroatoms. The van der Waals surface area contributed by atoms with Crippen molar-refractivity contribution in [1.29, 1.82) is 0 Å². The van der Waals surface area contributed by atoms with Crippen molar-refractivity contribution in [2.45, 2.75) is 71.9 Å². The smallest absolute Gasteiger partial charge is 0.310 e. The molecule has 5 radical (unpaired) electrons. The molecule has 30 heavy (non-hydrogen) atoms. The van der Waals surface area contributed by atoms with E-state index in [1.54, 1.807) is 0 Å². The number of hydrogen-bond acceptors (Lipinski definition) is 3. The first-order chi connectivity index (χ1) is 13.8. The van der Waals surface area contributed by atoms with Gasteiger partial charge in [-0.1, -0.05) is 65.0 Å². The number of methoxy groups -OCH3 is 1. The summed E-state index contributed by atoms with van der Waals surface area (Å²) < 4.78 is 5.07. The first-order valence-corrected chi connectivity index (χ1v) is 10.8. The number of piperidine rings is 1. The van der Waals surface area contributed by atoms with Gasteiger partial charge in [0.15, 0.2) is 0 Å². The maximum Gasteiger partial charge on any atom is 0.310 e. The second-order valence-electron chi connectivity index (χ2n) is 8.89. The van der Waals surface area contributed by atoms with Gasteiger partial charge < -0.3 is 4.74 Å². The first kappa shape index (κ1) is 25.5. The Hall–Kier alpha value is -0.727. The second-order valence-corrected chi connectivity index (χ2v) is 8.89. The number of rotatable bonds is 2. The molecule has 3 aliphatic rings. The minimum atomic E-state index is -0.0500. The van der Waals surface area contributed by atoms with Gasteiger partial charge in [-0.15, -0.1) is 0 Å². The molecular formula is C26H36NO2Ru. The summed E-state index contributed by atoms with van der Waals surface area (Å²) in [6, 6.07) is 11.4. The van der Waals surface area contributed by atoms with Crippen LogP contribution in [-0.2, 0) is 29.0 Å². The van der Waals surface area contributed by atoms with Gasteiger partial charge in [0.25, 0.3) is 0 Å². The summed E-state index contributed by atoms with van der Waals surface area (Å²) in [6.45, 7) is 11.0. The number of ether oxygens (including phenoxy) is 1. The number of fused-ring (bicyclic) bond motifs is 2. The van der Waals surface area contributed by atoms with Crippen molar-refractivity contribution >= 4 is 5.97 Å². The zero-order valence-corrected chi connectivity index (χ0v) is 21.2. The largest absolute Gasteiger partial charge is 0.469 e. The Bertz CT molecular complexity index is 636. The molecule has 0 amide bonds. The van der Waals surface area contributed by atoms with Crippen LogP contribution in [0.3, 0.4) is 0 Å². The summed E-state index contributed by atoms with van der Waals surface area (Å²) in [4.78, 5) is 14.6. The van der Waals surface area contributed by atoms with Crippen LogP contribution in [0.25, 0.3) is 0 Å². The molecule has 4 rings (SSSR count). The third-order valence-corrected chi connectivity index (χ3v) is 7.78. The fourth-order valence-electron chi connectivity index (χ4n) is 5.37. The minimum Gasteiger partial charge on any atom is -0.469 e. The Morgan fingerprint density at radius 1 is 0.900 bits per heavy atom. The Morgan fingerprint density at radius 2 is 1.40 bits per heavy atom. The van der Waals surface area contributed by atoms with Crippen molar-refractivity contribution < 1.29 is 29.0 Å². The molecule has 1 saturated carbocycles. The zero-order chi connectivity index (χ0) is 21.3. The van der Waals surface area contributed by atoms with E-state index in [0.29, 0.717) is 18.0 Å². The molecule has 2 heterocycles. The summed E-state index contributed by atoms with van der Waals surface area (Å²) in [5.74, 6) is 7.58. The topological polar surface area (TPSA) is 29.5 Å². The van der Waals surface area contributed by atoms with E-state index in [1.807, 2.05) is 6.07 Å². The van der Waals surface area contributed by atoms with E-state index in [-0.39, 0.29) is 31.4 Å². The molecule has 2 unspecified atom stereocenters. The van der Waals surface area contributed by atoms with E-state index < -0.39 is 0 Å². The molecule has 2 aliphatic heterocycles. The van der Waals surface area contributed by atoms with Crippen LogP contribution < -0.4 is 0 Å². The molecule has 0 aromatic heterocycles. The summed E-state index contributed by atoms with van der Waals surface area (Å²) >= 11 is 0. The third-order valence-electron chi connectivity index (χ3n) is 7.78. The van der Waals surface area contributed by atoms with Gasteiger partial charge in [0.05, 0.1) is 13.0 Å².